The maximum absolute atomic E-state index is 12.1. The van der Waals surface area contributed by atoms with Gasteiger partial charge in [-0.1, -0.05) is 64.3 Å². The maximum atomic E-state index is 12.1. The van der Waals surface area contributed by atoms with Crippen molar-refractivity contribution < 1.29 is 14.6 Å². The number of hydrogen-bond acceptors (Lipinski definition) is 3. The van der Waals surface area contributed by atoms with E-state index in [1.54, 1.807) is 13.0 Å². The average molecular weight is 412 g/mol. The van der Waals surface area contributed by atoms with Crippen LogP contribution in [-0.4, -0.2) is 17.2 Å². The molecule has 2 unspecified atom stereocenters. The molecule has 2 atom stereocenters. The third kappa shape index (κ3) is 4.59. The normalized spacial score (nSPS) is 13.4. The first-order valence-corrected chi connectivity index (χ1v) is 8.82. The van der Waals surface area contributed by atoms with Crippen molar-refractivity contribution in [3.05, 3.63) is 68.1 Å². The van der Waals surface area contributed by atoms with E-state index in [1.807, 2.05) is 44.2 Å². The van der Waals surface area contributed by atoms with Crippen LogP contribution in [0.4, 0.5) is 0 Å². The molecule has 0 amide bonds. The van der Waals surface area contributed by atoms with Gasteiger partial charge in [0, 0.05) is 21.0 Å². The fourth-order valence-corrected chi connectivity index (χ4v) is 3.05. The molecule has 0 bridgehead atoms. The van der Waals surface area contributed by atoms with Crippen molar-refractivity contribution >= 4 is 33.5 Å². The summed E-state index contributed by atoms with van der Waals surface area (Å²) in [5.41, 5.74) is 3.72. The van der Waals surface area contributed by atoms with E-state index in [0.717, 1.165) is 26.7 Å². The molecule has 2 aromatic rings. The van der Waals surface area contributed by atoms with E-state index >= 15 is 0 Å². The minimum absolute atomic E-state index is 0.0527. The second-order valence-corrected chi connectivity index (χ2v) is 7.21. The van der Waals surface area contributed by atoms with Crippen LogP contribution in [0.15, 0.2) is 40.9 Å². The highest BCUT2D eigenvalue weighted by atomic mass is 79.9. The Bertz CT molecular complexity index is 728. The van der Waals surface area contributed by atoms with Crippen LogP contribution < -0.4 is 0 Å². The molecule has 0 aliphatic carbocycles. The zero-order chi connectivity index (χ0) is 17.9. The molecule has 0 aliphatic heterocycles. The fraction of sp³-hybridized carbons (Fsp3) is 0.316. The van der Waals surface area contributed by atoms with Crippen LogP contribution in [0.3, 0.4) is 0 Å². The largest absolute Gasteiger partial charge is 0.459 e. The van der Waals surface area contributed by atoms with Crippen molar-refractivity contribution in [2.24, 2.45) is 0 Å². The van der Waals surface area contributed by atoms with E-state index in [0.29, 0.717) is 5.02 Å². The molecule has 5 heteroatoms. The van der Waals surface area contributed by atoms with E-state index in [1.165, 1.54) is 0 Å². The topological polar surface area (TPSA) is 46.5 Å². The average Bonchev–Trinajstić information content (AvgIpc) is 2.56. The van der Waals surface area contributed by atoms with Gasteiger partial charge < -0.3 is 9.84 Å². The van der Waals surface area contributed by atoms with Gasteiger partial charge >= 0.3 is 5.97 Å². The number of rotatable bonds is 5. The van der Waals surface area contributed by atoms with Crippen molar-refractivity contribution in [2.45, 2.75) is 39.4 Å². The number of ether oxygens (including phenoxy) is 1. The smallest absolute Gasteiger partial charge is 0.335 e. The van der Waals surface area contributed by atoms with E-state index in [-0.39, 0.29) is 12.5 Å². The minimum atomic E-state index is -1.22. The molecular formula is C19H20BrClO3. The van der Waals surface area contributed by atoms with Crippen LogP contribution in [0.1, 0.15) is 35.1 Å². The number of aliphatic hydroxyl groups is 1. The summed E-state index contributed by atoms with van der Waals surface area (Å²) in [6.07, 6.45) is -1.22. The van der Waals surface area contributed by atoms with E-state index < -0.39 is 12.1 Å². The Kier molecular flexibility index (Phi) is 6.44. The number of aliphatic hydroxyl groups excluding tert-OH is 1. The predicted molar refractivity (Wildman–Crippen MR) is 99.3 cm³/mol. The summed E-state index contributed by atoms with van der Waals surface area (Å²) in [6, 6.07) is 11.4. The first-order valence-electron chi connectivity index (χ1n) is 7.65. The summed E-state index contributed by atoms with van der Waals surface area (Å²) >= 11 is 9.52. The molecule has 0 aliphatic rings. The molecule has 24 heavy (non-hydrogen) atoms. The Morgan fingerprint density at radius 2 is 1.88 bits per heavy atom. The monoisotopic (exact) mass is 410 g/mol. The molecular weight excluding hydrogens is 392 g/mol. The molecule has 0 aromatic heterocycles. The number of esters is 1. The van der Waals surface area contributed by atoms with Crippen molar-refractivity contribution in [2.75, 3.05) is 0 Å². The lowest BCUT2D eigenvalue weighted by Crippen LogP contribution is -2.28. The Hall–Kier alpha value is -1.36. The third-order valence-corrected chi connectivity index (χ3v) is 5.16. The molecule has 0 fully saturated rings. The van der Waals surface area contributed by atoms with Crippen LogP contribution in [-0.2, 0) is 16.1 Å². The number of carbonyl (C=O) groups is 1. The van der Waals surface area contributed by atoms with Gasteiger partial charge in [-0.05, 0) is 37.1 Å². The Morgan fingerprint density at radius 3 is 2.50 bits per heavy atom. The van der Waals surface area contributed by atoms with Crippen molar-refractivity contribution in [1.82, 2.24) is 0 Å². The first-order chi connectivity index (χ1) is 11.3. The van der Waals surface area contributed by atoms with E-state index in [2.05, 4.69) is 15.9 Å². The number of hydrogen-bond donors (Lipinski definition) is 1. The first kappa shape index (κ1) is 19.0. The van der Waals surface area contributed by atoms with Crippen LogP contribution in [0.5, 0.6) is 0 Å². The lowest BCUT2D eigenvalue weighted by molar-refractivity contribution is -0.156. The summed E-state index contributed by atoms with van der Waals surface area (Å²) in [5.74, 6) is -0.991. The van der Waals surface area contributed by atoms with E-state index in [4.69, 9.17) is 16.3 Å². The number of aryl methyl sites for hydroxylation is 2. The van der Waals surface area contributed by atoms with Gasteiger partial charge in [0.1, 0.15) is 6.61 Å². The predicted octanol–water partition coefficient (Wildman–Crippen LogP) is 4.93. The third-order valence-electron chi connectivity index (χ3n) is 4.02. The second-order valence-electron chi connectivity index (χ2n) is 5.94. The van der Waals surface area contributed by atoms with Gasteiger partial charge in [-0.25, -0.2) is 4.79 Å². The standard InChI is InChI=1S/C19H20BrClO3/c1-11-4-6-14(7-5-11)13(3)18(22)19(23)24-10-15-9-17(21)12(2)8-16(15)20/h4-9,13,18,22H,10H2,1-3H3. The summed E-state index contributed by atoms with van der Waals surface area (Å²) in [6.45, 7) is 5.74. The Labute approximate surface area is 155 Å². The highest BCUT2D eigenvalue weighted by Gasteiger charge is 2.25. The van der Waals surface area contributed by atoms with Gasteiger partial charge in [-0.15, -0.1) is 0 Å². The molecule has 2 aromatic carbocycles. The summed E-state index contributed by atoms with van der Waals surface area (Å²) in [4.78, 5) is 12.1. The highest BCUT2D eigenvalue weighted by Crippen LogP contribution is 2.26. The van der Waals surface area contributed by atoms with Gasteiger partial charge in [0.2, 0.25) is 0 Å². The lowest BCUT2D eigenvalue weighted by Gasteiger charge is -2.18. The molecule has 128 valence electrons. The lowest BCUT2D eigenvalue weighted by atomic mass is 9.95. The van der Waals surface area contributed by atoms with Crippen LogP contribution in [0, 0.1) is 13.8 Å². The molecule has 0 saturated heterocycles. The molecule has 3 nitrogen and oxygen atoms in total. The van der Waals surface area contributed by atoms with Crippen molar-refractivity contribution in [3.63, 3.8) is 0 Å². The molecule has 0 radical (unpaired) electrons. The maximum Gasteiger partial charge on any atom is 0.335 e. The van der Waals surface area contributed by atoms with Crippen LogP contribution in [0.25, 0.3) is 0 Å². The zero-order valence-corrected chi connectivity index (χ0v) is 16.2. The zero-order valence-electron chi connectivity index (χ0n) is 13.8. The SMILES string of the molecule is Cc1ccc(C(C)C(O)C(=O)OCc2cc(Cl)c(C)cc2Br)cc1. The quantitative estimate of drug-likeness (QED) is 0.710. The van der Waals surface area contributed by atoms with Crippen LogP contribution in [0.2, 0.25) is 5.02 Å². The second kappa shape index (κ2) is 8.15. The molecule has 0 saturated carbocycles. The van der Waals surface area contributed by atoms with Gasteiger partial charge in [0.05, 0.1) is 0 Å². The summed E-state index contributed by atoms with van der Waals surface area (Å²) in [5, 5.41) is 10.9. The minimum Gasteiger partial charge on any atom is -0.459 e. The molecule has 2 rings (SSSR count). The fourth-order valence-electron chi connectivity index (χ4n) is 2.29. The number of halogens is 2. The van der Waals surface area contributed by atoms with E-state index in [9.17, 15) is 9.90 Å². The highest BCUT2D eigenvalue weighted by molar-refractivity contribution is 9.10. The van der Waals surface area contributed by atoms with Crippen molar-refractivity contribution in [3.8, 4) is 0 Å². The molecule has 1 N–H and O–H groups in total. The van der Waals surface area contributed by atoms with Crippen LogP contribution >= 0.6 is 27.5 Å². The summed E-state index contributed by atoms with van der Waals surface area (Å²) in [7, 11) is 0. The number of carbonyl (C=O) groups excluding carboxylic acids is 1. The summed E-state index contributed by atoms with van der Waals surface area (Å²) < 4.78 is 6.07. The Balaban J connectivity index is 2.01. The molecule has 0 heterocycles. The van der Waals surface area contributed by atoms with Gasteiger partial charge in [0.25, 0.3) is 0 Å². The molecule has 0 spiro atoms. The number of benzene rings is 2. The Morgan fingerprint density at radius 1 is 1.25 bits per heavy atom. The van der Waals surface area contributed by atoms with Gasteiger partial charge in [-0.3, -0.25) is 0 Å². The van der Waals surface area contributed by atoms with Gasteiger partial charge in [-0.2, -0.15) is 0 Å². The van der Waals surface area contributed by atoms with Gasteiger partial charge in [0.15, 0.2) is 6.10 Å². The van der Waals surface area contributed by atoms with Crippen molar-refractivity contribution in [1.29, 1.82) is 0 Å².